The first-order valence-corrected chi connectivity index (χ1v) is 12.1. The molecule has 0 amide bonds. The lowest BCUT2D eigenvalue weighted by molar-refractivity contribution is 0.384. The third kappa shape index (κ3) is 4.71. The van der Waals surface area contributed by atoms with Crippen molar-refractivity contribution in [3.63, 3.8) is 0 Å². The van der Waals surface area contributed by atoms with E-state index in [1.807, 2.05) is 23.6 Å². The predicted octanol–water partition coefficient (Wildman–Crippen LogP) is 3.13. The minimum absolute atomic E-state index is 0.276. The van der Waals surface area contributed by atoms with Gasteiger partial charge in [0.2, 0.25) is 10.0 Å². The summed E-state index contributed by atoms with van der Waals surface area (Å²) in [5.41, 5.74) is 2.64. The van der Waals surface area contributed by atoms with Gasteiger partial charge >= 0.3 is 0 Å². The van der Waals surface area contributed by atoms with Crippen LogP contribution >= 0.6 is 11.3 Å². The van der Waals surface area contributed by atoms with Crippen molar-refractivity contribution in [3.8, 4) is 11.8 Å². The zero-order chi connectivity index (χ0) is 21.8. The summed E-state index contributed by atoms with van der Waals surface area (Å²) in [4.78, 5) is 7.13. The van der Waals surface area contributed by atoms with Crippen molar-refractivity contribution in [3.05, 3.63) is 70.7 Å². The number of thiazole rings is 1. The van der Waals surface area contributed by atoms with Crippen LogP contribution < -0.4 is 9.64 Å². The fraction of sp³-hybridized carbons (Fsp3) is 0.273. The van der Waals surface area contributed by atoms with Gasteiger partial charge in [-0.2, -0.15) is 9.57 Å². The van der Waals surface area contributed by atoms with Gasteiger partial charge in [-0.3, -0.25) is 0 Å². The van der Waals surface area contributed by atoms with Crippen LogP contribution in [0.4, 0.5) is 5.13 Å². The molecule has 7 nitrogen and oxygen atoms in total. The molecule has 2 aromatic carbocycles. The van der Waals surface area contributed by atoms with Crippen LogP contribution in [0.25, 0.3) is 0 Å². The third-order valence-corrected chi connectivity index (χ3v) is 8.05. The maximum absolute atomic E-state index is 12.9. The van der Waals surface area contributed by atoms with E-state index in [9.17, 15) is 8.42 Å². The van der Waals surface area contributed by atoms with Gasteiger partial charge in [-0.15, -0.1) is 11.3 Å². The van der Waals surface area contributed by atoms with Crippen LogP contribution in [0.2, 0.25) is 0 Å². The van der Waals surface area contributed by atoms with E-state index < -0.39 is 10.0 Å². The van der Waals surface area contributed by atoms with Gasteiger partial charge in [0, 0.05) is 38.0 Å². The summed E-state index contributed by atoms with van der Waals surface area (Å²) in [6.45, 7) is 2.00. The van der Waals surface area contributed by atoms with E-state index in [1.165, 1.54) is 4.31 Å². The van der Waals surface area contributed by atoms with Crippen LogP contribution in [0.5, 0.6) is 5.75 Å². The zero-order valence-electron chi connectivity index (χ0n) is 17.1. The SMILES string of the molecule is COc1ccc(S(=O)(=O)N2CCN(c3nc(Cc4cccc(C#N)c4)cs3)CC2)cc1. The lowest BCUT2D eigenvalue weighted by Crippen LogP contribution is -2.48. The summed E-state index contributed by atoms with van der Waals surface area (Å²) in [5, 5.41) is 12.0. The van der Waals surface area contributed by atoms with Crippen molar-refractivity contribution < 1.29 is 13.2 Å². The minimum Gasteiger partial charge on any atom is -0.497 e. The van der Waals surface area contributed by atoms with Gasteiger partial charge in [-0.05, 0) is 42.0 Å². The Bertz CT molecular complexity index is 1190. The van der Waals surface area contributed by atoms with Crippen LogP contribution in [0, 0.1) is 11.3 Å². The lowest BCUT2D eigenvalue weighted by atomic mass is 10.1. The van der Waals surface area contributed by atoms with Crippen molar-refractivity contribution in [1.29, 1.82) is 5.26 Å². The Morgan fingerprint density at radius 2 is 1.87 bits per heavy atom. The Balaban J connectivity index is 1.39. The molecule has 0 atom stereocenters. The molecule has 0 aliphatic carbocycles. The molecule has 0 spiro atoms. The molecule has 3 aromatic rings. The number of sulfonamides is 1. The summed E-state index contributed by atoms with van der Waals surface area (Å²) in [6, 6.07) is 16.2. The largest absolute Gasteiger partial charge is 0.497 e. The Morgan fingerprint density at radius 3 is 2.55 bits per heavy atom. The van der Waals surface area contributed by atoms with E-state index in [4.69, 9.17) is 15.0 Å². The molecule has 0 bridgehead atoms. The third-order valence-electron chi connectivity index (χ3n) is 5.19. The number of hydrogen-bond donors (Lipinski definition) is 0. The van der Waals surface area contributed by atoms with Gasteiger partial charge in [0.15, 0.2) is 5.13 Å². The van der Waals surface area contributed by atoms with Gasteiger partial charge in [0.25, 0.3) is 0 Å². The number of aromatic nitrogens is 1. The first kappa shape index (κ1) is 21.3. The van der Waals surface area contributed by atoms with Crippen molar-refractivity contribution in [1.82, 2.24) is 9.29 Å². The highest BCUT2D eigenvalue weighted by Gasteiger charge is 2.29. The Kier molecular flexibility index (Phi) is 6.23. The van der Waals surface area contributed by atoms with Crippen molar-refractivity contribution in [2.75, 3.05) is 38.2 Å². The van der Waals surface area contributed by atoms with Gasteiger partial charge in [0.05, 0.1) is 29.3 Å². The summed E-state index contributed by atoms with van der Waals surface area (Å²) in [6.07, 6.45) is 0.665. The molecule has 160 valence electrons. The molecule has 1 saturated heterocycles. The van der Waals surface area contributed by atoms with Gasteiger partial charge in [-0.1, -0.05) is 12.1 Å². The van der Waals surface area contributed by atoms with E-state index in [0.29, 0.717) is 43.9 Å². The highest BCUT2D eigenvalue weighted by Crippen LogP contribution is 2.26. The number of hydrogen-bond acceptors (Lipinski definition) is 7. The number of rotatable bonds is 6. The van der Waals surface area contributed by atoms with Crippen LogP contribution in [0.15, 0.2) is 58.8 Å². The lowest BCUT2D eigenvalue weighted by Gasteiger charge is -2.33. The Morgan fingerprint density at radius 1 is 1.13 bits per heavy atom. The topological polar surface area (TPSA) is 86.5 Å². The number of piperazine rings is 1. The van der Waals surface area contributed by atoms with E-state index >= 15 is 0 Å². The fourth-order valence-corrected chi connectivity index (χ4v) is 5.80. The molecule has 0 N–H and O–H groups in total. The summed E-state index contributed by atoms with van der Waals surface area (Å²) < 4.78 is 32.5. The average molecular weight is 455 g/mol. The Hall–Kier alpha value is -2.93. The maximum atomic E-state index is 12.9. The normalized spacial score (nSPS) is 14.9. The van der Waals surface area contributed by atoms with Crippen molar-refractivity contribution >= 4 is 26.5 Å². The summed E-state index contributed by atoms with van der Waals surface area (Å²) in [7, 11) is -1.98. The molecule has 0 unspecified atom stereocenters. The number of benzene rings is 2. The second kappa shape index (κ2) is 9.06. The molecule has 1 aliphatic heterocycles. The first-order valence-electron chi connectivity index (χ1n) is 9.82. The van der Waals surface area contributed by atoms with Gasteiger partial charge in [0.1, 0.15) is 5.75 Å². The van der Waals surface area contributed by atoms with Crippen LogP contribution in [0.1, 0.15) is 16.8 Å². The molecule has 0 saturated carbocycles. The van der Waals surface area contributed by atoms with Crippen molar-refractivity contribution in [2.24, 2.45) is 0 Å². The molecular weight excluding hydrogens is 432 g/mol. The molecule has 1 aromatic heterocycles. The van der Waals surface area contributed by atoms with E-state index in [-0.39, 0.29) is 4.90 Å². The van der Waals surface area contributed by atoms with E-state index in [0.717, 1.165) is 16.4 Å². The predicted molar refractivity (Wildman–Crippen MR) is 120 cm³/mol. The van der Waals surface area contributed by atoms with E-state index in [2.05, 4.69) is 11.0 Å². The molecule has 1 aliphatic rings. The standard InChI is InChI=1S/C22H22N4O3S2/c1-29-20-5-7-21(8-6-20)31(27,28)26-11-9-25(10-12-26)22-24-19(16-30-22)14-17-3-2-4-18(13-17)15-23/h2-8,13,16H,9-12,14H2,1H3. The maximum Gasteiger partial charge on any atom is 0.243 e. The van der Waals surface area contributed by atoms with Crippen LogP contribution in [-0.2, 0) is 16.4 Å². The van der Waals surface area contributed by atoms with Gasteiger partial charge < -0.3 is 9.64 Å². The van der Waals surface area contributed by atoms with E-state index in [1.54, 1.807) is 48.8 Å². The van der Waals surface area contributed by atoms with Gasteiger partial charge in [-0.25, -0.2) is 13.4 Å². The average Bonchev–Trinajstić information content (AvgIpc) is 3.27. The second-order valence-corrected chi connectivity index (χ2v) is 9.95. The highest BCUT2D eigenvalue weighted by molar-refractivity contribution is 7.89. The monoisotopic (exact) mass is 454 g/mol. The molecule has 9 heteroatoms. The number of nitriles is 1. The number of nitrogens with zero attached hydrogens (tertiary/aromatic N) is 4. The number of methoxy groups -OCH3 is 1. The molecule has 2 heterocycles. The second-order valence-electron chi connectivity index (χ2n) is 7.18. The number of ether oxygens (including phenoxy) is 1. The number of anilines is 1. The van der Waals surface area contributed by atoms with Crippen LogP contribution in [-0.4, -0.2) is 51.0 Å². The molecule has 4 rings (SSSR count). The molecule has 1 fully saturated rings. The quantitative estimate of drug-likeness (QED) is 0.569. The Labute approximate surface area is 186 Å². The zero-order valence-corrected chi connectivity index (χ0v) is 18.7. The fourth-order valence-electron chi connectivity index (χ4n) is 3.50. The summed E-state index contributed by atoms with van der Waals surface area (Å²) in [5.74, 6) is 0.627. The summed E-state index contributed by atoms with van der Waals surface area (Å²) >= 11 is 1.56. The molecule has 0 radical (unpaired) electrons. The molecular formula is C22H22N4O3S2. The first-order chi connectivity index (χ1) is 15.0. The van der Waals surface area contributed by atoms with Crippen molar-refractivity contribution in [2.45, 2.75) is 11.3 Å². The highest BCUT2D eigenvalue weighted by atomic mass is 32.2. The minimum atomic E-state index is -3.53. The van der Waals surface area contributed by atoms with Crippen LogP contribution in [0.3, 0.4) is 0 Å². The smallest absolute Gasteiger partial charge is 0.243 e. The molecule has 31 heavy (non-hydrogen) atoms.